The molecule has 0 aromatic heterocycles. The van der Waals surface area contributed by atoms with Crippen molar-refractivity contribution in [3.8, 4) is 0 Å². The van der Waals surface area contributed by atoms with Crippen molar-refractivity contribution in [2.75, 3.05) is 0 Å². The zero-order valence-electron chi connectivity index (χ0n) is 12.2. The Hall–Kier alpha value is -0.0400. The summed E-state index contributed by atoms with van der Waals surface area (Å²) >= 11 is 0. The van der Waals surface area contributed by atoms with Crippen molar-refractivity contribution >= 4 is 0 Å². The summed E-state index contributed by atoms with van der Waals surface area (Å²) in [5, 5.41) is 10.4. The van der Waals surface area contributed by atoms with Crippen LogP contribution in [-0.4, -0.2) is 11.2 Å². The highest BCUT2D eigenvalue weighted by atomic mass is 16.3. The molecule has 1 fully saturated rings. The molecule has 2 unspecified atom stereocenters. The normalized spacial score (nSPS) is 25.8. The molecule has 1 N–H and O–H groups in total. The van der Waals surface area contributed by atoms with E-state index >= 15 is 0 Å². The molecule has 1 nitrogen and oxygen atoms in total. The van der Waals surface area contributed by atoms with Crippen LogP contribution in [0.5, 0.6) is 0 Å². The van der Waals surface area contributed by atoms with Gasteiger partial charge in [0, 0.05) is 0 Å². The minimum absolute atomic E-state index is 0.0491. The predicted octanol–water partition coefficient (Wildman–Crippen LogP) is 4.92. The van der Waals surface area contributed by atoms with Gasteiger partial charge in [0.1, 0.15) is 0 Å². The fourth-order valence-corrected chi connectivity index (χ4v) is 3.39. The van der Waals surface area contributed by atoms with E-state index in [4.69, 9.17) is 0 Å². The monoisotopic (exact) mass is 240 g/mol. The van der Waals surface area contributed by atoms with Crippen molar-refractivity contribution in [3.05, 3.63) is 0 Å². The van der Waals surface area contributed by atoms with Crippen LogP contribution in [0.4, 0.5) is 0 Å². The largest absolute Gasteiger partial charge is 0.393 e. The fourth-order valence-electron chi connectivity index (χ4n) is 3.39. The fraction of sp³-hybridized carbons (Fsp3) is 1.00. The van der Waals surface area contributed by atoms with Gasteiger partial charge >= 0.3 is 0 Å². The smallest absolute Gasteiger partial charge is 0.0573 e. The lowest BCUT2D eigenvalue weighted by molar-refractivity contribution is -0.000497. The van der Waals surface area contributed by atoms with Crippen molar-refractivity contribution in [2.24, 2.45) is 11.3 Å². The van der Waals surface area contributed by atoms with E-state index in [0.717, 1.165) is 6.42 Å². The molecule has 0 heterocycles. The molecule has 0 bridgehead atoms. The van der Waals surface area contributed by atoms with E-state index in [1.165, 1.54) is 57.8 Å². The second kappa shape index (κ2) is 7.41. The maximum absolute atomic E-state index is 10.4. The minimum Gasteiger partial charge on any atom is -0.393 e. The van der Waals surface area contributed by atoms with Crippen LogP contribution in [0, 0.1) is 11.3 Å². The molecule has 0 saturated heterocycles. The van der Waals surface area contributed by atoms with Crippen LogP contribution in [0.1, 0.15) is 85.0 Å². The highest BCUT2D eigenvalue weighted by Crippen LogP contribution is 2.43. The number of aliphatic hydroxyl groups is 1. The van der Waals surface area contributed by atoms with Crippen molar-refractivity contribution in [1.82, 2.24) is 0 Å². The number of unbranched alkanes of at least 4 members (excludes halogenated alkanes) is 4. The lowest BCUT2D eigenvalue weighted by atomic mass is 9.66. The van der Waals surface area contributed by atoms with Crippen LogP contribution in [0.2, 0.25) is 0 Å². The molecule has 1 saturated carbocycles. The van der Waals surface area contributed by atoms with Gasteiger partial charge in [-0.05, 0) is 30.6 Å². The molecular weight excluding hydrogens is 208 g/mol. The van der Waals surface area contributed by atoms with Crippen molar-refractivity contribution in [3.63, 3.8) is 0 Å². The third kappa shape index (κ3) is 4.99. The van der Waals surface area contributed by atoms with Gasteiger partial charge in [0.2, 0.25) is 0 Å². The van der Waals surface area contributed by atoms with Gasteiger partial charge in [-0.25, -0.2) is 0 Å². The maximum Gasteiger partial charge on any atom is 0.0573 e. The molecule has 0 spiro atoms. The number of hydrogen-bond donors (Lipinski definition) is 1. The quantitative estimate of drug-likeness (QED) is 0.626. The summed E-state index contributed by atoms with van der Waals surface area (Å²) < 4.78 is 0. The van der Waals surface area contributed by atoms with E-state index in [1.807, 2.05) is 0 Å². The first kappa shape index (κ1) is 15.0. The van der Waals surface area contributed by atoms with Gasteiger partial charge < -0.3 is 5.11 Å². The Morgan fingerprint density at radius 1 is 1.12 bits per heavy atom. The van der Waals surface area contributed by atoms with Gasteiger partial charge in [-0.15, -0.1) is 0 Å². The molecule has 0 aliphatic heterocycles. The summed E-state index contributed by atoms with van der Waals surface area (Å²) in [6, 6.07) is 0. The predicted molar refractivity (Wildman–Crippen MR) is 75.1 cm³/mol. The lowest BCUT2D eigenvalue weighted by Gasteiger charge is -2.41. The van der Waals surface area contributed by atoms with E-state index in [-0.39, 0.29) is 6.10 Å². The number of aliphatic hydroxyl groups excluding tert-OH is 1. The third-order valence-electron chi connectivity index (χ3n) is 4.66. The standard InChI is InChI=1S/C16H32O/c1-4-5-6-7-8-12-15(17)14-11-9-10-13-16(14,2)3/h14-15,17H,4-13H2,1-3H3. The van der Waals surface area contributed by atoms with Gasteiger partial charge in [0.25, 0.3) is 0 Å². The summed E-state index contributed by atoms with van der Waals surface area (Å²) in [5.41, 5.74) is 0.362. The SMILES string of the molecule is CCCCCCCC(O)C1CCCCC1(C)C. The summed E-state index contributed by atoms with van der Waals surface area (Å²) in [5.74, 6) is 0.544. The Morgan fingerprint density at radius 2 is 1.82 bits per heavy atom. The second-order valence-corrected chi connectivity index (χ2v) is 6.61. The summed E-state index contributed by atoms with van der Waals surface area (Å²) in [4.78, 5) is 0. The van der Waals surface area contributed by atoms with Crippen LogP contribution in [0.3, 0.4) is 0 Å². The Morgan fingerprint density at radius 3 is 2.47 bits per heavy atom. The molecule has 1 heteroatoms. The van der Waals surface area contributed by atoms with Crippen LogP contribution in [0.25, 0.3) is 0 Å². The number of rotatable bonds is 7. The molecule has 17 heavy (non-hydrogen) atoms. The molecule has 0 radical (unpaired) electrons. The van der Waals surface area contributed by atoms with Crippen molar-refractivity contribution in [1.29, 1.82) is 0 Å². The molecule has 1 aliphatic carbocycles. The first-order chi connectivity index (χ1) is 8.08. The summed E-state index contributed by atoms with van der Waals surface area (Å²) in [7, 11) is 0. The van der Waals surface area contributed by atoms with Crippen molar-refractivity contribution in [2.45, 2.75) is 91.1 Å². The molecule has 1 aliphatic rings. The average molecular weight is 240 g/mol. The van der Waals surface area contributed by atoms with Crippen molar-refractivity contribution < 1.29 is 5.11 Å². The molecule has 1 rings (SSSR count). The van der Waals surface area contributed by atoms with E-state index in [9.17, 15) is 5.11 Å². The molecule has 2 atom stereocenters. The number of hydrogen-bond acceptors (Lipinski definition) is 1. The van der Waals surface area contributed by atoms with Gasteiger partial charge in [-0.1, -0.05) is 65.7 Å². The van der Waals surface area contributed by atoms with E-state index in [1.54, 1.807) is 0 Å². The first-order valence-corrected chi connectivity index (χ1v) is 7.76. The topological polar surface area (TPSA) is 20.2 Å². The minimum atomic E-state index is -0.0491. The molecule has 0 aromatic rings. The van der Waals surface area contributed by atoms with Crippen LogP contribution >= 0.6 is 0 Å². The molecule has 0 amide bonds. The Balaban J connectivity index is 2.23. The summed E-state index contributed by atoms with van der Waals surface area (Å²) in [6.07, 6.45) is 12.7. The van der Waals surface area contributed by atoms with Gasteiger partial charge in [0.05, 0.1) is 6.10 Å². The zero-order valence-corrected chi connectivity index (χ0v) is 12.2. The van der Waals surface area contributed by atoms with Crippen LogP contribution in [0.15, 0.2) is 0 Å². The van der Waals surface area contributed by atoms with E-state index in [0.29, 0.717) is 11.3 Å². The summed E-state index contributed by atoms with van der Waals surface area (Å²) in [6.45, 7) is 6.94. The maximum atomic E-state index is 10.4. The van der Waals surface area contributed by atoms with Gasteiger partial charge in [-0.3, -0.25) is 0 Å². The molecule has 102 valence electrons. The first-order valence-electron chi connectivity index (χ1n) is 7.76. The van der Waals surface area contributed by atoms with E-state index in [2.05, 4.69) is 20.8 Å². The molecule has 0 aromatic carbocycles. The average Bonchev–Trinajstić information content (AvgIpc) is 2.28. The van der Waals surface area contributed by atoms with E-state index < -0.39 is 0 Å². The Bertz CT molecular complexity index is 198. The van der Waals surface area contributed by atoms with Gasteiger partial charge in [-0.2, -0.15) is 0 Å². The Kier molecular flexibility index (Phi) is 6.54. The second-order valence-electron chi connectivity index (χ2n) is 6.61. The zero-order chi connectivity index (χ0) is 12.7. The van der Waals surface area contributed by atoms with Gasteiger partial charge in [0.15, 0.2) is 0 Å². The highest BCUT2D eigenvalue weighted by Gasteiger charge is 2.36. The molecular formula is C16H32O. The van der Waals surface area contributed by atoms with Crippen LogP contribution in [-0.2, 0) is 0 Å². The third-order valence-corrected chi connectivity index (χ3v) is 4.66. The highest BCUT2D eigenvalue weighted by molar-refractivity contribution is 4.86. The lowest BCUT2D eigenvalue weighted by Crippen LogP contribution is -2.36. The van der Waals surface area contributed by atoms with Crippen LogP contribution < -0.4 is 0 Å². The Labute approximate surface area is 108 Å².